The Morgan fingerprint density at radius 3 is 2.28 bits per heavy atom. The molecule has 2 N–H and O–H groups in total. The first kappa shape index (κ1) is 20.3. The lowest BCUT2D eigenvalue weighted by Crippen LogP contribution is -2.06. The van der Waals surface area contributed by atoms with Gasteiger partial charge in [-0.1, -0.05) is 32.0 Å². The van der Waals surface area contributed by atoms with Crippen LogP contribution in [-0.2, 0) is 17.6 Å². The van der Waals surface area contributed by atoms with Gasteiger partial charge in [-0.25, -0.2) is 4.79 Å². The summed E-state index contributed by atoms with van der Waals surface area (Å²) in [5.74, 6) is 0.641. The molecule has 0 radical (unpaired) electrons. The number of para-hydroxylation sites is 1. The van der Waals surface area contributed by atoms with Crippen molar-refractivity contribution < 1.29 is 9.53 Å². The van der Waals surface area contributed by atoms with E-state index in [9.17, 15) is 4.79 Å². The van der Waals surface area contributed by atoms with Crippen molar-refractivity contribution >= 4 is 29.1 Å². The number of anilines is 4. The minimum atomic E-state index is -0.337. The normalized spacial score (nSPS) is 10.4. The number of aryl methyl sites for hydroxylation is 2. The second kappa shape index (κ2) is 9.64. The maximum Gasteiger partial charge on any atom is 0.338 e. The maximum absolute atomic E-state index is 11.8. The van der Waals surface area contributed by atoms with Crippen molar-refractivity contribution in [2.45, 2.75) is 33.6 Å². The molecule has 0 aliphatic carbocycles. The van der Waals surface area contributed by atoms with E-state index in [-0.39, 0.29) is 5.97 Å². The number of hydrogen-bond acceptors (Lipinski definition) is 7. The van der Waals surface area contributed by atoms with Crippen LogP contribution in [0.4, 0.5) is 23.1 Å². The molecule has 0 amide bonds. The van der Waals surface area contributed by atoms with Crippen molar-refractivity contribution in [3.05, 3.63) is 65.4 Å². The summed E-state index contributed by atoms with van der Waals surface area (Å²) in [4.78, 5) is 16.3. The number of carbonyl (C=O) groups is 1. The Labute approximate surface area is 170 Å². The summed E-state index contributed by atoms with van der Waals surface area (Å²) >= 11 is 0. The quantitative estimate of drug-likeness (QED) is 0.540. The Kier molecular flexibility index (Phi) is 6.73. The van der Waals surface area contributed by atoms with Crippen molar-refractivity contribution in [3.8, 4) is 0 Å². The summed E-state index contributed by atoms with van der Waals surface area (Å²) in [5, 5.41) is 14.7. The van der Waals surface area contributed by atoms with Crippen molar-refractivity contribution in [2.24, 2.45) is 0 Å². The van der Waals surface area contributed by atoms with Gasteiger partial charge in [0.05, 0.1) is 18.4 Å². The Bertz CT molecular complexity index is 951. The molecule has 0 fully saturated rings. The van der Waals surface area contributed by atoms with Gasteiger partial charge in [0.15, 0.2) is 5.82 Å². The SMILES string of the molecule is CCOC(=O)c1ccc(Nc2cnnc(Nc3c(CC)cccc3CC)n2)cc1. The van der Waals surface area contributed by atoms with Gasteiger partial charge in [0, 0.05) is 11.4 Å². The third-order valence-electron chi connectivity index (χ3n) is 4.46. The molecule has 0 spiro atoms. The molecule has 3 rings (SSSR count). The Morgan fingerprint density at radius 2 is 1.66 bits per heavy atom. The van der Waals surface area contributed by atoms with Crippen molar-refractivity contribution in [1.29, 1.82) is 0 Å². The minimum absolute atomic E-state index is 0.337. The first-order chi connectivity index (χ1) is 14.1. The highest BCUT2D eigenvalue weighted by atomic mass is 16.5. The Morgan fingerprint density at radius 1 is 0.966 bits per heavy atom. The lowest BCUT2D eigenvalue weighted by molar-refractivity contribution is 0.0526. The van der Waals surface area contributed by atoms with Crippen molar-refractivity contribution in [3.63, 3.8) is 0 Å². The second-order valence-electron chi connectivity index (χ2n) is 6.37. The van der Waals surface area contributed by atoms with Gasteiger partial charge in [-0.2, -0.15) is 10.1 Å². The van der Waals surface area contributed by atoms with E-state index < -0.39 is 0 Å². The minimum Gasteiger partial charge on any atom is -0.462 e. The van der Waals surface area contributed by atoms with Crippen LogP contribution in [-0.4, -0.2) is 27.8 Å². The third-order valence-corrected chi connectivity index (χ3v) is 4.46. The largest absolute Gasteiger partial charge is 0.462 e. The zero-order valence-electron chi connectivity index (χ0n) is 16.9. The fraction of sp³-hybridized carbons (Fsp3) is 0.273. The van der Waals surface area contributed by atoms with Crippen LogP contribution < -0.4 is 10.6 Å². The number of carbonyl (C=O) groups excluding carboxylic acids is 1. The Balaban J connectivity index is 1.76. The van der Waals surface area contributed by atoms with Gasteiger partial charge >= 0.3 is 5.97 Å². The fourth-order valence-corrected chi connectivity index (χ4v) is 2.98. The zero-order valence-corrected chi connectivity index (χ0v) is 16.9. The van der Waals surface area contributed by atoms with Crippen LogP contribution in [0.25, 0.3) is 0 Å². The smallest absolute Gasteiger partial charge is 0.338 e. The lowest BCUT2D eigenvalue weighted by atomic mass is 10.0. The highest BCUT2D eigenvalue weighted by molar-refractivity contribution is 5.89. The molecule has 29 heavy (non-hydrogen) atoms. The molecule has 1 aromatic heterocycles. The van der Waals surface area contributed by atoms with E-state index in [0.29, 0.717) is 23.9 Å². The van der Waals surface area contributed by atoms with E-state index >= 15 is 0 Å². The van der Waals surface area contributed by atoms with Crippen LogP contribution in [0.5, 0.6) is 0 Å². The highest BCUT2D eigenvalue weighted by Crippen LogP contribution is 2.25. The zero-order chi connectivity index (χ0) is 20.6. The number of rotatable bonds is 8. The van der Waals surface area contributed by atoms with E-state index in [1.807, 2.05) is 0 Å². The molecule has 0 unspecified atom stereocenters. The number of aromatic nitrogens is 3. The summed E-state index contributed by atoms with van der Waals surface area (Å²) < 4.78 is 5.00. The van der Waals surface area contributed by atoms with Crippen LogP contribution >= 0.6 is 0 Å². The molecule has 0 saturated heterocycles. The monoisotopic (exact) mass is 391 g/mol. The van der Waals surface area contributed by atoms with Gasteiger partial charge in [-0.15, -0.1) is 5.10 Å². The number of ether oxygens (including phenoxy) is 1. The van der Waals surface area contributed by atoms with E-state index in [2.05, 4.69) is 57.9 Å². The fourth-order valence-electron chi connectivity index (χ4n) is 2.98. The molecule has 7 heteroatoms. The molecular formula is C22H25N5O2. The molecular weight excluding hydrogens is 366 g/mol. The molecule has 7 nitrogen and oxygen atoms in total. The molecule has 2 aromatic carbocycles. The molecule has 3 aromatic rings. The predicted octanol–water partition coefficient (Wildman–Crippen LogP) is 4.66. The van der Waals surface area contributed by atoms with E-state index in [1.165, 1.54) is 11.1 Å². The predicted molar refractivity (Wildman–Crippen MR) is 114 cm³/mol. The van der Waals surface area contributed by atoms with Gasteiger partial charge in [0.1, 0.15) is 0 Å². The third kappa shape index (κ3) is 5.07. The topological polar surface area (TPSA) is 89.0 Å². The van der Waals surface area contributed by atoms with Gasteiger partial charge in [0.2, 0.25) is 5.95 Å². The molecule has 0 aliphatic rings. The van der Waals surface area contributed by atoms with Gasteiger partial charge in [-0.3, -0.25) is 0 Å². The van der Waals surface area contributed by atoms with Gasteiger partial charge in [-0.05, 0) is 55.2 Å². The summed E-state index contributed by atoms with van der Waals surface area (Å²) in [5.41, 5.74) is 4.74. The molecule has 1 heterocycles. The maximum atomic E-state index is 11.8. The van der Waals surface area contributed by atoms with E-state index in [1.54, 1.807) is 37.4 Å². The summed E-state index contributed by atoms with van der Waals surface area (Å²) in [6, 6.07) is 13.3. The highest BCUT2D eigenvalue weighted by Gasteiger charge is 2.10. The van der Waals surface area contributed by atoms with Crippen LogP contribution in [0.1, 0.15) is 42.3 Å². The number of esters is 1. The van der Waals surface area contributed by atoms with Gasteiger partial charge in [0.25, 0.3) is 0 Å². The van der Waals surface area contributed by atoms with Gasteiger partial charge < -0.3 is 15.4 Å². The van der Waals surface area contributed by atoms with Crippen LogP contribution in [0, 0.1) is 0 Å². The molecule has 0 atom stereocenters. The molecule has 0 bridgehead atoms. The van der Waals surface area contributed by atoms with Crippen molar-refractivity contribution in [2.75, 3.05) is 17.2 Å². The van der Waals surface area contributed by atoms with E-state index in [4.69, 9.17) is 4.74 Å². The number of nitrogens with zero attached hydrogens (tertiary/aromatic N) is 3. The standard InChI is InChI=1S/C22H25N5O2/c1-4-15-8-7-9-16(5-2)20(15)26-22-25-19(14-23-27-22)24-18-12-10-17(11-13-18)21(28)29-6-3/h7-14H,4-6H2,1-3H3,(H2,24,25,26,27). The summed E-state index contributed by atoms with van der Waals surface area (Å²) in [6.07, 6.45) is 3.37. The molecule has 0 aliphatic heterocycles. The Hall–Kier alpha value is -3.48. The van der Waals surface area contributed by atoms with E-state index in [0.717, 1.165) is 24.2 Å². The second-order valence-corrected chi connectivity index (χ2v) is 6.37. The number of hydrogen-bond donors (Lipinski definition) is 2. The first-order valence-electron chi connectivity index (χ1n) is 9.76. The van der Waals surface area contributed by atoms with Crippen molar-refractivity contribution in [1.82, 2.24) is 15.2 Å². The molecule has 0 saturated carbocycles. The van der Waals surface area contributed by atoms with Crippen LogP contribution in [0.3, 0.4) is 0 Å². The number of nitrogens with one attached hydrogen (secondary N) is 2. The number of benzene rings is 2. The summed E-state index contributed by atoms with van der Waals surface area (Å²) in [7, 11) is 0. The average molecular weight is 391 g/mol. The lowest BCUT2D eigenvalue weighted by Gasteiger charge is -2.14. The summed E-state index contributed by atoms with van der Waals surface area (Å²) in [6.45, 7) is 6.38. The average Bonchev–Trinajstić information content (AvgIpc) is 2.75. The van der Waals surface area contributed by atoms with Crippen LogP contribution in [0.15, 0.2) is 48.7 Å². The molecule has 150 valence electrons. The van der Waals surface area contributed by atoms with Crippen LogP contribution in [0.2, 0.25) is 0 Å². The first-order valence-corrected chi connectivity index (χ1v) is 9.76.